The Morgan fingerprint density at radius 2 is 1.92 bits per heavy atom. The van der Waals surface area contributed by atoms with Crippen LogP contribution >= 0.6 is 0 Å². The number of para-hydroxylation sites is 1. The van der Waals surface area contributed by atoms with Crippen molar-refractivity contribution >= 4 is 17.4 Å². The Labute approximate surface area is 157 Å². The van der Waals surface area contributed by atoms with Crippen LogP contribution in [0.2, 0.25) is 0 Å². The fourth-order valence-electron chi connectivity index (χ4n) is 3.18. The average molecular weight is 360 g/mol. The first-order valence-electron chi connectivity index (χ1n) is 9.54. The lowest BCUT2D eigenvalue weighted by Crippen LogP contribution is -2.44. The number of hydrogen-bond donors (Lipinski definition) is 1. The van der Waals surface area contributed by atoms with Gasteiger partial charge in [0.05, 0.1) is 12.6 Å². The van der Waals surface area contributed by atoms with Crippen molar-refractivity contribution in [2.45, 2.75) is 59.6 Å². The van der Waals surface area contributed by atoms with Gasteiger partial charge < -0.3 is 14.9 Å². The SMILES string of the molecule is CCCC(O)CN1CCC(=O)N(CC(=O)C(C)(C)C)Cc2ccccc21. The Bertz CT molecular complexity index is 636. The molecular formula is C21H32N2O3. The molecule has 1 aliphatic heterocycles. The predicted octanol–water partition coefficient (Wildman–Crippen LogP) is 3.00. The summed E-state index contributed by atoms with van der Waals surface area (Å²) < 4.78 is 0. The number of fused-ring (bicyclic) bond motifs is 1. The molecule has 1 aromatic carbocycles. The van der Waals surface area contributed by atoms with Gasteiger partial charge in [-0.1, -0.05) is 52.3 Å². The van der Waals surface area contributed by atoms with Gasteiger partial charge in [-0.25, -0.2) is 0 Å². The van der Waals surface area contributed by atoms with Crippen LogP contribution in [0.1, 0.15) is 52.5 Å². The van der Waals surface area contributed by atoms with Crippen molar-refractivity contribution in [3.63, 3.8) is 0 Å². The fourth-order valence-corrected chi connectivity index (χ4v) is 3.18. The fraction of sp³-hybridized carbons (Fsp3) is 0.619. The summed E-state index contributed by atoms with van der Waals surface area (Å²) in [6.07, 6.45) is 1.63. The highest BCUT2D eigenvalue weighted by Crippen LogP contribution is 2.26. The topological polar surface area (TPSA) is 60.9 Å². The van der Waals surface area contributed by atoms with Crippen LogP contribution in [0, 0.1) is 5.41 Å². The number of rotatable bonds is 6. The van der Waals surface area contributed by atoms with Gasteiger partial charge in [-0.15, -0.1) is 0 Å². The first-order chi connectivity index (χ1) is 12.2. The van der Waals surface area contributed by atoms with Crippen molar-refractivity contribution in [3.05, 3.63) is 29.8 Å². The zero-order chi connectivity index (χ0) is 19.3. The molecular weight excluding hydrogens is 328 g/mol. The standard InChI is InChI=1S/C21H32N2O3/c1-5-8-17(24)14-22-12-11-20(26)23(15-19(25)21(2,3)4)13-16-9-6-7-10-18(16)22/h6-7,9-10,17,24H,5,8,11-15H2,1-4H3. The molecule has 2 rings (SSSR count). The summed E-state index contributed by atoms with van der Waals surface area (Å²) in [7, 11) is 0. The minimum Gasteiger partial charge on any atom is -0.391 e. The second-order valence-corrected chi connectivity index (χ2v) is 8.19. The Morgan fingerprint density at radius 3 is 2.58 bits per heavy atom. The zero-order valence-electron chi connectivity index (χ0n) is 16.5. The molecule has 144 valence electrons. The lowest BCUT2D eigenvalue weighted by Gasteiger charge is -2.34. The molecule has 0 bridgehead atoms. The lowest BCUT2D eigenvalue weighted by molar-refractivity contribution is -0.138. The largest absolute Gasteiger partial charge is 0.391 e. The number of carbonyl (C=O) groups excluding carboxylic acids is 2. The summed E-state index contributed by atoms with van der Waals surface area (Å²) in [5.41, 5.74) is 1.60. The Kier molecular flexibility index (Phi) is 6.81. The molecule has 0 fully saturated rings. The highest BCUT2D eigenvalue weighted by atomic mass is 16.3. The summed E-state index contributed by atoms with van der Waals surface area (Å²) in [6.45, 7) is 9.36. The van der Waals surface area contributed by atoms with E-state index in [9.17, 15) is 14.7 Å². The third kappa shape index (κ3) is 5.31. The van der Waals surface area contributed by atoms with Gasteiger partial charge in [0.15, 0.2) is 5.78 Å². The van der Waals surface area contributed by atoms with E-state index in [0.29, 0.717) is 26.1 Å². The molecule has 0 spiro atoms. The number of anilines is 1. The molecule has 1 aliphatic rings. The van der Waals surface area contributed by atoms with Gasteiger partial charge in [0, 0.05) is 37.2 Å². The van der Waals surface area contributed by atoms with Crippen LogP contribution in [0.15, 0.2) is 24.3 Å². The Morgan fingerprint density at radius 1 is 1.23 bits per heavy atom. The highest BCUT2D eigenvalue weighted by molar-refractivity contribution is 5.89. The number of Topliss-reactive ketones (excluding diaryl/α,β-unsaturated/α-hetero) is 1. The number of β-amino-alcohol motifs (C(OH)–C–C–N with tert-alkyl or cyclic N) is 1. The third-order valence-corrected chi connectivity index (χ3v) is 4.87. The van der Waals surface area contributed by atoms with Gasteiger partial charge in [-0.05, 0) is 18.1 Å². The van der Waals surface area contributed by atoms with Gasteiger partial charge in [-0.2, -0.15) is 0 Å². The van der Waals surface area contributed by atoms with Crippen molar-refractivity contribution in [1.82, 2.24) is 4.90 Å². The van der Waals surface area contributed by atoms with Gasteiger partial charge in [-0.3, -0.25) is 9.59 Å². The van der Waals surface area contributed by atoms with E-state index in [4.69, 9.17) is 0 Å². The van der Waals surface area contributed by atoms with E-state index < -0.39 is 11.5 Å². The maximum absolute atomic E-state index is 12.7. The molecule has 0 aliphatic carbocycles. The number of ketones is 1. The number of carbonyl (C=O) groups is 2. The molecule has 0 saturated carbocycles. The molecule has 26 heavy (non-hydrogen) atoms. The van der Waals surface area contributed by atoms with E-state index in [1.54, 1.807) is 4.90 Å². The number of aliphatic hydroxyl groups excluding tert-OH is 1. The van der Waals surface area contributed by atoms with E-state index in [0.717, 1.165) is 24.1 Å². The monoisotopic (exact) mass is 360 g/mol. The van der Waals surface area contributed by atoms with Crippen molar-refractivity contribution < 1.29 is 14.7 Å². The van der Waals surface area contributed by atoms with E-state index >= 15 is 0 Å². The summed E-state index contributed by atoms with van der Waals surface area (Å²) in [4.78, 5) is 28.9. The second-order valence-electron chi connectivity index (χ2n) is 8.19. The van der Waals surface area contributed by atoms with Crippen LogP contribution in [-0.4, -0.2) is 47.4 Å². The van der Waals surface area contributed by atoms with E-state index in [1.165, 1.54) is 0 Å². The van der Waals surface area contributed by atoms with Crippen molar-refractivity contribution in [2.24, 2.45) is 5.41 Å². The molecule has 1 heterocycles. The molecule has 1 unspecified atom stereocenters. The number of amides is 1. The van der Waals surface area contributed by atoms with Gasteiger partial charge >= 0.3 is 0 Å². The van der Waals surface area contributed by atoms with Crippen LogP contribution in [0.3, 0.4) is 0 Å². The van der Waals surface area contributed by atoms with E-state index in [1.807, 2.05) is 45.0 Å². The van der Waals surface area contributed by atoms with Gasteiger partial charge in [0.25, 0.3) is 0 Å². The van der Waals surface area contributed by atoms with E-state index in [2.05, 4.69) is 11.8 Å². The van der Waals surface area contributed by atoms with Crippen molar-refractivity contribution in [2.75, 3.05) is 24.5 Å². The number of aliphatic hydroxyl groups is 1. The maximum Gasteiger partial charge on any atom is 0.225 e. The molecule has 0 aromatic heterocycles. The van der Waals surface area contributed by atoms with Crippen LogP contribution in [0.4, 0.5) is 5.69 Å². The number of benzene rings is 1. The molecule has 1 aromatic rings. The third-order valence-electron chi connectivity index (χ3n) is 4.87. The molecule has 1 atom stereocenters. The van der Waals surface area contributed by atoms with E-state index in [-0.39, 0.29) is 18.2 Å². The number of nitrogens with zero attached hydrogens (tertiary/aromatic N) is 2. The molecule has 0 radical (unpaired) electrons. The zero-order valence-corrected chi connectivity index (χ0v) is 16.5. The maximum atomic E-state index is 12.7. The molecule has 5 heteroatoms. The van der Waals surface area contributed by atoms with Gasteiger partial charge in [0.2, 0.25) is 5.91 Å². The minimum absolute atomic E-state index is 0.00733. The van der Waals surface area contributed by atoms with Crippen LogP contribution in [-0.2, 0) is 16.1 Å². The molecule has 0 saturated heterocycles. The first kappa shape index (κ1) is 20.4. The van der Waals surface area contributed by atoms with Crippen molar-refractivity contribution in [1.29, 1.82) is 0 Å². The quantitative estimate of drug-likeness (QED) is 0.847. The summed E-state index contributed by atoms with van der Waals surface area (Å²) in [5.74, 6) is 0.0613. The predicted molar refractivity (Wildman–Crippen MR) is 104 cm³/mol. The summed E-state index contributed by atoms with van der Waals surface area (Å²) in [5, 5.41) is 10.2. The molecule has 5 nitrogen and oxygen atoms in total. The van der Waals surface area contributed by atoms with Crippen LogP contribution < -0.4 is 4.90 Å². The highest BCUT2D eigenvalue weighted by Gasteiger charge is 2.28. The average Bonchev–Trinajstić information content (AvgIpc) is 2.56. The summed E-state index contributed by atoms with van der Waals surface area (Å²) in [6, 6.07) is 7.97. The molecule has 1 N–H and O–H groups in total. The van der Waals surface area contributed by atoms with Gasteiger partial charge in [0.1, 0.15) is 0 Å². The van der Waals surface area contributed by atoms with Crippen LogP contribution in [0.5, 0.6) is 0 Å². The minimum atomic E-state index is -0.460. The number of hydrogen-bond acceptors (Lipinski definition) is 4. The van der Waals surface area contributed by atoms with Crippen LogP contribution in [0.25, 0.3) is 0 Å². The lowest BCUT2D eigenvalue weighted by atomic mass is 9.90. The normalized spacial score (nSPS) is 16.7. The molecule has 1 amide bonds. The Balaban J connectivity index is 2.23. The smallest absolute Gasteiger partial charge is 0.225 e. The Hall–Kier alpha value is -1.88. The summed E-state index contributed by atoms with van der Waals surface area (Å²) >= 11 is 0. The second kappa shape index (κ2) is 8.67. The first-order valence-corrected chi connectivity index (χ1v) is 9.54. The van der Waals surface area contributed by atoms with Crippen molar-refractivity contribution in [3.8, 4) is 0 Å².